The van der Waals surface area contributed by atoms with Gasteiger partial charge in [0.05, 0.1) is 6.61 Å². The molecule has 1 fully saturated rings. The van der Waals surface area contributed by atoms with Crippen molar-refractivity contribution in [2.75, 3.05) is 6.61 Å². The zero-order chi connectivity index (χ0) is 13.0. The van der Waals surface area contributed by atoms with Crippen molar-refractivity contribution in [3.05, 3.63) is 24.3 Å². The highest BCUT2D eigenvalue weighted by molar-refractivity contribution is 5.86. The maximum absolute atomic E-state index is 11.1. The number of allylic oxidation sites excluding steroid dienone is 2. The third-order valence-electron chi connectivity index (χ3n) is 4.22. The fourth-order valence-corrected chi connectivity index (χ4v) is 3.20. The van der Waals surface area contributed by atoms with Crippen LogP contribution in [0.3, 0.4) is 0 Å². The van der Waals surface area contributed by atoms with Gasteiger partial charge >= 0.3 is 5.97 Å². The summed E-state index contributed by atoms with van der Waals surface area (Å²) in [5.74, 6) is 2.43. The van der Waals surface area contributed by atoms with Crippen molar-refractivity contribution in [3.63, 3.8) is 0 Å². The van der Waals surface area contributed by atoms with Gasteiger partial charge in [0.15, 0.2) is 0 Å². The highest BCUT2D eigenvalue weighted by atomic mass is 16.5. The highest BCUT2D eigenvalue weighted by Gasteiger charge is 2.34. The van der Waals surface area contributed by atoms with Crippen LogP contribution in [-0.2, 0) is 9.53 Å². The Bertz CT molecular complexity index is 343. The minimum atomic E-state index is -0.256. The van der Waals surface area contributed by atoms with E-state index in [1.165, 1.54) is 32.1 Å². The Balaban J connectivity index is 1.48. The zero-order valence-electron chi connectivity index (χ0n) is 11.4. The molecule has 2 aliphatic carbocycles. The Morgan fingerprint density at radius 3 is 2.72 bits per heavy atom. The number of carbonyl (C=O) groups is 1. The maximum atomic E-state index is 11.1. The third kappa shape index (κ3) is 3.47. The van der Waals surface area contributed by atoms with E-state index in [-0.39, 0.29) is 5.97 Å². The number of hydrogen-bond acceptors (Lipinski definition) is 2. The molecule has 0 N–H and O–H groups in total. The molecule has 2 heteroatoms. The molecule has 2 aliphatic rings. The Morgan fingerprint density at radius 1 is 1.28 bits per heavy atom. The Morgan fingerprint density at radius 2 is 2.11 bits per heavy atom. The summed E-state index contributed by atoms with van der Waals surface area (Å²) in [4.78, 5) is 11.1. The van der Waals surface area contributed by atoms with Gasteiger partial charge in [0.2, 0.25) is 0 Å². The molecule has 2 rings (SSSR count). The van der Waals surface area contributed by atoms with Crippen molar-refractivity contribution < 1.29 is 9.53 Å². The summed E-state index contributed by atoms with van der Waals surface area (Å²) in [5.41, 5.74) is 0.490. The molecular weight excluding hydrogens is 224 g/mol. The molecule has 18 heavy (non-hydrogen) atoms. The number of esters is 1. The van der Waals surface area contributed by atoms with Gasteiger partial charge in [-0.25, -0.2) is 4.79 Å². The second-order valence-corrected chi connectivity index (χ2v) is 5.81. The Hall–Kier alpha value is -1.05. The summed E-state index contributed by atoms with van der Waals surface area (Å²) in [6.45, 7) is 5.79. The van der Waals surface area contributed by atoms with Gasteiger partial charge in [-0.3, -0.25) is 0 Å². The topological polar surface area (TPSA) is 26.3 Å². The van der Waals surface area contributed by atoms with Crippen LogP contribution in [0.15, 0.2) is 24.3 Å². The van der Waals surface area contributed by atoms with Gasteiger partial charge < -0.3 is 4.74 Å². The first kappa shape index (κ1) is 13.4. The van der Waals surface area contributed by atoms with Crippen molar-refractivity contribution in [2.45, 2.75) is 45.4 Å². The highest BCUT2D eigenvalue weighted by Crippen LogP contribution is 2.45. The average molecular weight is 248 g/mol. The van der Waals surface area contributed by atoms with Gasteiger partial charge in [-0.05, 0) is 50.4 Å². The molecule has 0 spiro atoms. The molecule has 0 aromatic heterocycles. The van der Waals surface area contributed by atoms with Crippen LogP contribution >= 0.6 is 0 Å². The maximum Gasteiger partial charge on any atom is 0.333 e. The predicted molar refractivity (Wildman–Crippen MR) is 73.1 cm³/mol. The number of fused-ring (bicyclic) bond motifs is 2. The predicted octanol–water partition coefficient (Wildman–Crippen LogP) is 3.88. The summed E-state index contributed by atoms with van der Waals surface area (Å²) in [7, 11) is 0. The van der Waals surface area contributed by atoms with Crippen LogP contribution in [-0.4, -0.2) is 12.6 Å². The summed E-state index contributed by atoms with van der Waals surface area (Å²) in [5, 5.41) is 0. The fourth-order valence-electron chi connectivity index (χ4n) is 3.20. The summed E-state index contributed by atoms with van der Waals surface area (Å²) >= 11 is 0. The van der Waals surface area contributed by atoms with Crippen LogP contribution in [0.2, 0.25) is 0 Å². The van der Waals surface area contributed by atoms with Crippen molar-refractivity contribution in [1.29, 1.82) is 0 Å². The number of rotatable bonds is 7. The zero-order valence-corrected chi connectivity index (χ0v) is 11.4. The van der Waals surface area contributed by atoms with Crippen molar-refractivity contribution in [2.24, 2.45) is 17.8 Å². The Labute approximate surface area is 110 Å². The molecule has 0 aliphatic heterocycles. The molecule has 3 atom stereocenters. The average Bonchev–Trinajstić information content (AvgIpc) is 2.95. The van der Waals surface area contributed by atoms with Gasteiger partial charge in [0.1, 0.15) is 0 Å². The fraction of sp³-hybridized carbons (Fsp3) is 0.688. The van der Waals surface area contributed by atoms with Crippen LogP contribution in [0.5, 0.6) is 0 Å². The lowest BCUT2D eigenvalue weighted by molar-refractivity contribution is -0.139. The summed E-state index contributed by atoms with van der Waals surface area (Å²) < 4.78 is 5.08. The summed E-state index contributed by atoms with van der Waals surface area (Å²) in [6, 6.07) is 0. The molecule has 2 bridgehead atoms. The van der Waals surface area contributed by atoms with Crippen LogP contribution in [0, 0.1) is 17.8 Å². The van der Waals surface area contributed by atoms with E-state index < -0.39 is 0 Å². The SMILES string of the molecule is C=C(C)C(=O)OCCCCCC1CC2C=CC1C2. The number of carbonyl (C=O) groups excluding carboxylic acids is 1. The molecule has 1 saturated carbocycles. The lowest BCUT2D eigenvalue weighted by Gasteiger charge is -2.17. The molecule has 3 unspecified atom stereocenters. The first-order chi connectivity index (χ1) is 8.66. The molecule has 2 nitrogen and oxygen atoms in total. The van der Waals surface area contributed by atoms with Crippen molar-refractivity contribution in [1.82, 2.24) is 0 Å². The second kappa shape index (κ2) is 6.21. The van der Waals surface area contributed by atoms with Crippen LogP contribution in [0.1, 0.15) is 45.4 Å². The van der Waals surface area contributed by atoms with Crippen LogP contribution in [0.4, 0.5) is 0 Å². The van der Waals surface area contributed by atoms with E-state index in [4.69, 9.17) is 4.74 Å². The molecule has 0 heterocycles. The van der Waals surface area contributed by atoms with E-state index in [9.17, 15) is 4.79 Å². The first-order valence-electron chi connectivity index (χ1n) is 7.18. The monoisotopic (exact) mass is 248 g/mol. The normalized spacial score (nSPS) is 28.6. The van der Waals surface area contributed by atoms with Crippen molar-refractivity contribution in [3.8, 4) is 0 Å². The van der Waals surface area contributed by atoms with Crippen LogP contribution in [0.25, 0.3) is 0 Å². The molecule has 0 aromatic rings. The minimum absolute atomic E-state index is 0.256. The Kier molecular flexibility index (Phi) is 4.62. The third-order valence-corrected chi connectivity index (χ3v) is 4.22. The van der Waals surface area contributed by atoms with Crippen molar-refractivity contribution >= 4 is 5.97 Å². The number of hydrogen-bond donors (Lipinski definition) is 0. The molecule has 0 radical (unpaired) electrons. The second-order valence-electron chi connectivity index (χ2n) is 5.81. The van der Waals surface area contributed by atoms with E-state index in [2.05, 4.69) is 18.7 Å². The molecule has 0 aromatic carbocycles. The minimum Gasteiger partial charge on any atom is -0.462 e. The first-order valence-corrected chi connectivity index (χ1v) is 7.18. The van der Waals surface area contributed by atoms with Gasteiger partial charge in [-0.15, -0.1) is 0 Å². The van der Waals surface area contributed by atoms with Gasteiger partial charge in [0, 0.05) is 5.57 Å². The largest absolute Gasteiger partial charge is 0.462 e. The number of unbranched alkanes of at least 4 members (excludes halogenated alkanes) is 2. The van der Waals surface area contributed by atoms with Gasteiger partial charge in [-0.2, -0.15) is 0 Å². The molecular formula is C16H24O2. The molecule has 100 valence electrons. The number of ether oxygens (including phenoxy) is 1. The van der Waals surface area contributed by atoms with E-state index >= 15 is 0 Å². The quantitative estimate of drug-likeness (QED) is 0.296. The van der Waals surface area contributed by atoms with E-state index in [1.807, 2.05) is 0 Å². The van der Waals surface area contributed by atoms with Crippen LogP contribution < -0.4 is 0 Å². The van der Waals surface area contributed by atoms with E-state index in [0.717, 1.165) is 24.2 Å². The lowest BCUT2D eigenvalue weighted by atomic mass is 9.89. The lowest BCUT2D eigenvalue weighted by Crippen LogP contribution is -2.08. The molecule has 0 amide bonds. The summed E-state index contributed by atoms with van der Waals surface area (Å²) in [6.07, 6.45) is 12.4. The van der Waals surface area contributed by atoms with Gasteiger partial charge in [0.25, 0.3) is 0 Å². The van der Waals surface area contributed by atoms with E-state index in [1.54, 1.807) is 6.92 Å². The standard InChI is InChI=1S/C16H24O2/c1-12(2)16(17)18-9-5-3-4-6-14-10-13-7-8-15(14)11-13/h7-8,13-15H,1,3-6,9-11H2,2H3. The van der Waals surface area contributed by atoms with Gasteiger partial charge in [-0.1, -0.05) is 31.6 Å². The molecule has 0 saturated heterocycles. The smallest absolute Gasteiger partial charge is 0.333 e. The van der Waals surface area contributed by atoms with E-state index in [0.29, 0.717) is 12.2 Å².